The van der Waals surface area contributed by atoms with Crippen molar-refractivity contribution < 1.29 is 5.11 Å². The fraction of sp³-hybridized carbons (Fsp3) is 0.250. The van der Waals surface area contributed by atoms with Gasteiger partial charge in [0, 0.05) is 11.7 Å². The molecule has 2 aromatic rings. The lowest BCUT2D eigenvalue weighted by atomic mass is 10.0. The summed E-state index contributed by atoms with van der Waals surface area (Å²) in [6, 6.07) is 18.1. The lowest BCUT2D eigenvalue weighted by molar-refractivity contribution is 0.475. The normalized spacial score (nSPS) is 12.1. The standard InChI is InChI=1S/C16H19NO/c1-2-14(12-13-6-4-3-5-7-13)17-15-8-10-16(18)11-9-15/h3-11,14,17-18H,2,12H2,1H3. The summed E-state index contributed by atoms with van der Waals surface area (Å²) in [6.45, 7) is 2.18. The lowest BCUT2D eigenvalue weighted by Gasteiger charge is -2.18. The summed E-state index contributed by atoms with van der Waals surface area (Å²) in [7, 11) is 0. The highest BCUT2D eigenvalue weighted by atomic mass is 16.3. The molecule has 0 radical (unpaired) electrons. The van der Waals surface area contributed by atoms with Crippen LogP contribution >= 0.6 is 0 Å². The number of phenols is 1. The molecular formula is C16H19NO. The molecular weight excluding hydrogens is 222 g/mol. The number of rotatable bonds is 5. The second-order valence-corrected chi connectivity index (χ2v) is 4.49. The zero-order valence-corrected chi connectivity index (χ0v) is 10.6. The Labute approximate surface area is 108 Å². The van der Waals surface area contributed by atoms with Crippen molar-refractivity contribution in [3.63, 3.8) is 0 Å². The average molecular weight is 241 g/mol. The first-order valence-electron chi connectivity index (χ1n) is 6.37. The Hall–Kier alpha value is -1.96. The predicted molar refractivity (Wildman–Crippen MR) is 76.0 cm³/mol. The molecule has 0 fully saturated rings. The molecule has 0 aliphatic heterocycles. The van der Waals surface area contributed by atoms with E-state index in [1.54, 1.807) is 12.1 Å². The van der Waals surface area contributed by atoms with Crippen molar-refractivity contribution >= 4 is 5.69 Å². The van der Waals surface area contributed by atoms with Crippen LogP contribution in [0.4, 0.5) is 5.69 Å². The summed E-state index contributed by atoms with van der Waals surface area (Å²) in [5, 5.41) is 12.7. The van der Waals surface area contributed by atoms with E-state index in [9.17, 15) is 5.11 Å². The molecule has 0 heterocycles. The first-order chi connectivity index (χ1) is 8.78. The molecule has 2 rings (SSSR count). The van der Waals surface area contributed by atoms with Gasteiger partial charge in [0.25, 0.3) is 0 Å². The van der Waals surface area contributed by atoms with E-state index in [2.05, 4.69) is 36.5 Å². The minimum Gasteiger partial charge on any atom is -0.508 e. The maximum atomic E-state index is 9.26. The van der Waals surface area contributed by atoms with Gasteiger partial charge in [0.05, 0.1) is 0 Å². The van der Waals surface area contributed by atoms with Gasteiger partial charge in [0.1, 0.15) is 5.75 Å². The van der Waals surface area contributed by atoms with Crippen LogP contribution in [0.15, 0.2) is 54.6 Å². The van der Waals surface area contributed by atoms with Crippen molar-refractivity contribution in [1.29, 1.82) is 0 Å². The predicted octanol–water partition coefficient (Wildman–Crippen LogP) is 3.83. The fourth-order valence-electron chi connectivity index (χ4n) is 1.99. The topological polar surface area (TPSA) is 32.3 Å². The zero-order valence-electron chi connectivity index (χ0n) is 10.6. The van der Waals surface area contributed by atoms with Crippen LogP contribution in [0.5, 0.6) is 5.75 Å². The van der Waals surface area contributed by atoms with Gasteiger partial charge in [-0.1, -0.05) is 37.3 Å². The highest BCUT2D eigenvalue weighted by Crippen LogP contribution is 2.17. The van der Waals surface area contributed by atoms with Gasteiger partial charge in [-0.2, -0.15) is 0 Å². The fourth-order valence-corrected chi connectivity index (χ4v) is 1.99. The number of nitrogens with one attached hydrogen (secondary N) is 1. The van der Waals surface area contributed by atoms with Crippen LogP contribution in [0.3, 0.4) is 0 Å². The Kier molecular flexibility index (Phi) is 4.24. The first kappa shape index (κ1) is 12.5. The third kappa shape index (κ3) is 3.52. The summed E-state index contributed by atoms with van der Waals surface area (Å²) in [4.78, 5) is 0. The van der Waals surface area contributed by atoms with Gasteiger partial charge >= 0.3 is 0 Å². The Balaban J connectivity index is 1.99. The van der Waals surface area contributed by atoms with E-state index in [1.807, 2.05) is 18.2 Å². The number of phenolic OH excluding ortho intramolecular Hbond substituents is 1. The van der Waals surface area contributed by atoms with E-state index in [-0.39, 0.29) is 0 Å². The Morgan fingerprint density at radius 1 is 1.00 bits per heavy atom. The van der Waals surface area contributed by atoms with E-state index < -0.39 is 0 Å². The molecule has 2 N–H and O–H groups in total. The molecule has 0 saturated heterocycles. The second kappa shape index (κ2) is 6.10. The van der Waals surface area contributed by atoms with Crippen molar-refractivity contribution in [2.75, 3.05) is 5.32 Å². The summed E-state index contributed by atoms with van der Waals surface area (Å²) in [5.41, 5.74) is 2.39. The van der Waals surface area contributed by atoms with Crippen LogP contribution in [0.25, 0.3) is 0 Å². The molecule has 0 spiro atoms. The minimum absolute atomic E-state index is 0.302. The number of benzene rings is 2. The van der Waals surface area contributed by atoms with E-state index in [4.69, 9.17) is 0 Å². The van der Waals surface area contributed by atoms with Gasteiger partial charge in [0.15, 0.2) is 0 Å². The Morgan fingerprint density at radius 2 is 1.67 bits per heavy atom. The summed E-state index contributed by atoms with van der Waals surface area (Å²) in [6.07, 6.45) is 2.08. The monoisotopic (exact) mass is 241 g/mol. The van der Waals surface area contributed by atoms with Crippen LogP contribution in [-0.4, -0.2) is 11.1 Å². The van der Waals surface area contributed by atoms with Gasteiger partial charge in [-0.3, -0.25) is 0 Å². The van der Waals surface area contributed by atoms with Crippen molar-refractivity contribution in [2.24, 2.45) is 0 Å². The molecule has 18 heavy (non-hydrogen) atoms. The van der Waals surface area contributed by atoms with Gasteiger partial charge in [0.2, 0.25) is 0 Å². The van der Waals surface area contributed by atoms with Gasteiger partial charge in [-0.25, -0.2) is 0 Å². The summed E-state index contributed by atoms with van der Waals surface area (Å²) < 4.78 is 0. The van der Waals surface area contributed by atoms with Crippen LogP contribution in [0.2, 0.25) is 0 Å². The molecule has 0 saturated carbocycles. The number of aromatic hydroxyl groups is 1. The molecule has 0 aliphatic rings. The number of anilines is 1. The largest absolute Gasteiger partial charge is 0.508 e. The molecule has 0 amide bonds. The van der Waals surface area contributed by atoms with E-state index in [0.717, 1.165) is 18.5 Å². The molecule has 2 heteroatoms. The van der Waals surface area contributed by atoms with Crippen molar-refractivity contribution in [1.82, 2.24) is 0 Å². The quantitative estimate of drug-likeness (QED) is 0.780. The average Bonchev–Trinajstić information content (AvgIpc) is 2.41. The van der Waals surface area contributed by atoms with Crippen molar-refractivity contribution in [3.8, 4) is 5.75 Å². The van der Waals surface area contributed by atoms with Gasteiger partial charge in [-0.05, 0) is 42.7 Å². The first-order valence-corrected chi connectivity index (χ1v) is 6.37. The molecule has 2 aromatic carbocycles. The highest BCUT2D eigenvalue weighted by Gasteiger charge is 2.06. The lowest BCUT2D eigenvalue weighted by Crippen LogP contribution is -2.21. The third-order valence-corrected chi connectivity index (χ3v) is 3.06. The van der Waals surface area contributed by atoms with Gasteiger partial charge < -0.3 is 10.4 Å². The zero-order chi connectivity index (χ0) is 12.8. The Morgan fingerprint density at radius 3 is 2.28 bits per heavy atom. The summed E-state index contributed by atoms with van der Waals surface area (Å²) in [5.74, 6) is 0.302. The molecule has 1 atom stereocenters. The number of hydrogen-bond donors (Lipinski definition) is 2. The van der Waals surface area contributed by atoms with Crippen molar-refractivity contribution in [3.05, 3.63) is 60.2 Å². The minimum atomic E-state index is 0.302. The maximum absolute atomic E-state index is 9.26. The SMILES string of the molecule is CCC(Cc1ccccc1)Nc1ccc(O)cc1. The molecule has 94 valence electrons. The van der Waals surface area contributed by atoms with Crippen LogP contribution in [0.1, 0.15) is 18.9 Å². The maximum Gasteiger partial charge on any atom is 0.115 e. The summed E-state index contributed by atoms with van der Waals surface area (Å²) >= 11 is 0. The van der Waals surface area contributed by atoms with Crippen molar-refractivity contribution in [2.45, 2.75) is 25.8 Å². The smallest absolute Gasteiger partial charge is 0.115 e. The number of hydrogen-bond acceptors (Lipinski definition) is 2. The third-order valence-electron chi connectivity index (χ3n) is 3.06. The Bertz CT molecular complexity index is 464. The second-order valence-electron chi connectivity index (χ2n) is 4.49. The highest BCUT2D eigenvalue weighted by molar-refractivity contribution is 5.47. The molecule has 2 nitrogen and oxygen atoms in total. The molecule has 0 aromatic heterocycles. The van der Waals surface area contributed by atoms with Crippen LogP contribution in [0, 0.1) is 0 Å². The molecule has 0 bridgehead atoms. The van der Waals surface area contributed by atoms with Crippen LogP contribution < -0.4 is 5.32 Å². The molecule has 0 aliphatic carbocycles. The van der Waals surface area contributed by atoms with E-state index in [0.29, 0.717) is 11.8 Å². The van der Waals surface area contributed by atoms with E-state index >= 15 is 0 Å². The van der Waals surface area contributed by atoms with Crippen LogP contribution in [-0.2, 0) is 6.42 Å². The van der Waals surface area contributed by atoms with Gasteiger partial charge in [-0.15, -0.1) is 0 Å². The molecule has 1 unspecified atom stereocenters. The van der Waals surface area contributed by atoms with E-state index in [1.165, 1.54) is 5.56 Å².